The summed E-state index contributed by atoms with van der Waals surface area (Å²) in [6.07, 6.45) is 0.692. The normalized spacial score (nSPS) is 20.5. The van der Waals surface area contributed by atoms with Crippen LogP contribution >= 0.6 is 23.1 Å². The van der Waals surface area contributed by atoms with Crippen LogP contribution in [-0.2, 0) is 11.2 Å². The van der Waals surface area contributed by atoms with E-state index in [4.69, 9.17) is 5.11 Å². The molecule has 2 heterocycles. The van der Waals surface area contributed by atoms with E-state index in [1.165, 1.54) is 0 Å². The number of hydrogen-bond acceptors (Lipinski definition) is 5. The van der Waals surface area contributed by atoms with Crippen LogP contribution in [0, 0.1) is 0 Å². The second-order valence-electron chi connectivity index (χ2n) is 4.13. The Bertz CT molecular complexity index is 395. The van der Waals surface area contributed by atoms with Crippen molar-refractivity contribution in [1.82, 2.24) is 4.98 Å². The summed E-state index contributed by atoms with van der Waals surface area (Å²) in [7, 11) is 0. The fourth-order valence-corrected chi connectivity index (χ4v) is 3.79. The predicted molar refractivity (Wildman–Crippen MR) is 72.2 cm³/mol. The monoisotopic (exact) mass is 272 g/mol. The van der Waals surface area contributed by atoms with Crippen LogP contribution in [0.2, 0.25) is 0 Å². The van der Waals surface area contributed by atoms with Gasteiger partial charge in [-0.3, -0.25) is 4.79 Å². The molecule has 1 atom stereocenters. The van der Waals surface area contributed by atoms with E-state index in [1.807, 2.05) is 17.1 Å². The summed E-state index contributed by atoms with van der Waals surface area (Å²) in [6, 6.07) is 0.521. The van der Waals surface area contributed by atoms with E-state index in [9.17, 15) is 4.79 Å². The molecule has 0 amide bonds. The Balaban J connectivity index is 1.99. The van der Waals surface area contributed by atoms with Gasteiger partial charge in [0.25, 0.3) is 0 Å². The first-order valence-electron chi connectivity index (χ1n) is 5.67. The highest BCUT2D eigenvalue weighted by Crippen LogP contribution is 2.27. The van der Waals surface area contributed by atoms with Gasteiger partial charge in [0.2, 0.25) is 0 Å². The largest absolute Gasteiger partial charge is 0.481 e. The number of aryl methyl sites for hydroxylation is 1. The molecule has 0 spiro atoms. The van der Waals surface area contributed by atoms with Crippen LogP contribution in [0.25, 0.3) is 0 Å². The minimum atomic E-state index is -0.762. The van der Waals surface area contributed by atoms with Gasteiger partial charge in [-0.1, -0.05) is 0 Å². The molecule has 1 aromatic heterocycles. The quantitative estimate of drug-likeness (QED) is 0.909. The van der Waals surface area contributed by atoms with Crippen molar-refractivity contribution in [3.8, 4) is 0 Å². The number of anilines is 1. The molecule has 2 rings (SSSR count). The molecule has 1 unspecified atom stereocenters. The number of aromatic nitrogens is 1. The van der Waals surface area contributed by atoms with Gasteiger partial charge in [-0.05, 0) is 6.92 Å². The van der Waals surface area contributed by atoms with Crippen LogP contribution in [0.3, 0.4) is 0 Å². The number of thioether (sulfide) groups is 1. The first-order chi connectivity index (χ1) is 8.16. The summed E-state index contributed by atoms with van der Waals surface area (Å²) in [4.78, 5) is 17.3. The Hall–Kier alpha value is -0.750. The lowest BCUT2D eigenvalue weighted by molar-refractivity contribution is -0.136. The average molecular weight is 272 g/mol. The predicted octanol–water partition coefficient (Wildman–Crippen LogP) is 2.10. The Morgan fingerprint density at radius 2 is 2.53 bits per heavy atom. The van der Waals surface area contributed by atoms with E-state index in [1.54, 1.807) is 11.3 Å². The molecular weight excluding hydrogens is 256 g/mol. The van der Waals surface area contributed by atoms with E-state index < -0.39 is 5.97 Å². The molecule has 1 aromatic rings. The fraction of sp³-hybridized carbons (Fsp3) is 0.636. The molecule has 1 saturated heterocycles. The van der Waals surface area contributed by atoms with Crippen LogP contribution in [-0.4, -0.2) is 40.2 Å². The molecule has 1 fully saturated rings. The van der Waals surface area contributed by atoms with Gasteiger partial charge in [0.15, 0.2) is 5.13 Å². The molecule has 1 N–H and O–H groups in total. The molecular formula is C11H16N2O2S2. The highest BCUT2D eigenvalue weighted by molar-refractivity contribution is 7.99. The first-order valence-corrected chi connectivity index (χ1v) is 7.71. The second kappa shape index (κ2) is 5.73. The van der Waals surface area contributed by atoms with Crippen LogP contribution < -0.4 is 4.90 Å². The molecule has 0 aliphatic carbocycles. The van der Waals surface area contributed by atoms with Crippen molar-refractivity contribution in [2.75, 3.05) is 23.0 Å². The topological polar surface area (TPSA) is 53.4 Å². The van der Waals surface area contributed by atoms with Gasteiger partial charge < -0.3 is 10.0 Å². The Morgan fingerprint density at radius 1 is 1.71 bits per heavy atom. The number of carbonyl (C=O) groups is 1. The van der Waals surface area contributed by atoms with Crippen molar-refractivity contribution < 1.29 is 9.90 Å². The van der Waals surface area contributed by atoms with E-state index in [0.29, 0.717) is 12.5 Å². The Labute approximate surface area is 109 Å². The highest BCUT2D eigenvalue weighted by atomic mass is 32.2. The zero-order chi connectivity index (χ0) is 12.3. The third-order valence-corrected chi connectivity index (χ3v) is 4.86. The summed E-state index contributed by atoms with van der Waals surface area (Å²) in [5, 5.41) is 11.7. The lowest BCUT2D eigenvalue weighted by Crippen LogP contribution is -2.40. The first kappa shape index (κ1) is 12.7. The molecule has 6 heteroatoms. The minimum Gasteiger partial charge on any atom is -0.481 e. The van der Waals surface area contributed by atoms with Gasteiger partial charge in [0, 0.05) is 35.9 Å². The van der Waals surface area contributed by atoms with E-state index in [0.717, 1.165) is 28.9 Å². The van der Waals surface area contributed by atoms with E-state index in [2.05, 4.69) is 16.8 Å². The molecule has 1 aliphatic heterocycles. The standard InChI is InChI=1S/C11H16N2O2S2/c1-8-6-16-5-4-13(8)11-12-9(7-17-11)2-3-10(14)15/h7-8H,2-6H2,1H3,(H,14,15). The van der Waals surface area contributed by atoms with E-state index >= 15 is 0 Å². The van der Waals surface area contributed by atoms with Crippen molar-refractivity contribution >= 4 is 34.2 Å². The number of thiazole rings is 1. The van der Waals surface area contributed by atoms with Crippen LogP contribution in [0.5, 0.6) is 0 Å². The smallest absolute Gasteiger partial charge is 0.303 e. The zero-order valence-electron chi connectivity index (χ0n) is 9.76. The number of aliphatic carboxylic acids is 1. The zero-order valence-corrected chi connectivity index (χ0v) is 11.4. The number of nitrogens with zero attached hydrogens (tertiary/aromatic N) is 2. The summed E-state index contributed by atoms with van der Waals surface area (Å²) in [5.74, 6) is 1.53. The summed E-state index contributed by atoms with van der Waals surface area (Å²) >= 11 is 3.60. The third kappa shape index (κ3) is 3.35. The molecule has 94 valence electrons. The van der Waals surface area contributed by atoms with Crippen molar-refractivity contribution in [2.24, 2.45) is 0 Å². The number of hydrogen-bond donors (Lipinski definition) is 1. The Morgan fingerprint density at radius 3 is 3.24 bits per heavy atom. The molecule has 4 nitrogen and oxygen atoms in total. The van der Waals surface area contributed by atoms with Gasteiger partial charge >= 0.3 is 5.97 Å². The van der Waals surface area contributed by atoms with Gasteiger partial charge in [-0.2, -0.15) is 11.8 Å². The summed E-state index contributed by atoms with van der Waals surface area (Å²) in [6.45, 7) is 3.25. The molecule has 0 aromatic carbocycles. The average Bonchev–Trinajstić information content (AvgIpc) is 2.75. The Kier molecular flexibility index (Phi) is 4.28. The van der Waals surface area contributed by atoms with Gasteiger partial charge in [0.05, 0.1) is 12.1 Å². The molecule has 0 bridgehead atoms. The van der Waals surface area contributed by atoms with Crippen LogP contribution in [0.1, 0.15) is 19.0 Å². The van der Waals surface area contributed by atoms with E-state index in [-0.39, 0.29) is 6.42 Å². The van der Waals surface area contributed by atoms with Crippen LogP contribution in [0.15, 0.2) is 5.38 Å². The number of carboxylic acid groups (broad SMARTS) is 1. The lowest BCUT2D eigenvalue weighted by Gasteiger charge is -2.32. The van der Waals surface area contributed by atoms with Crippen molar-refractivity contribution in [3.05, 3.63) is 11.1 Å². The van der Waals surface area contributed by atoms with Crippen LogP contribution in [0.4, 0.5) is 5.13 Å². The van der Waals surface area contributed by atoms with Gasteiger partial charge in [-0.25, -0.2) is 4.98 Å². The SMILES string of the molecule is CC1CSCCN1c1nc(CCC(=O)O)cs1. The summed E-state index contributed by atoms with van der Waals surface area (Å²) < 4.78 is 0. The third-order valence-electron chi connectivity index (χ3n) is 2.75. The highest BCUT2D eigenvalue weighted by Gasteiger charge is 2.21. The molecule has 0 saturated carbocycles. The van der Waals surface area contributed by atoms with Gasteiger partial charge in [-0.15, -0.1) is 11.3 Å². The molecule has 17 heavy (non-hydrogen) atoms. The minimum absolute atomic E-state index is 0.161. The van der Waals surface area contributed by atoms with Crippen molar-refractivity contribution in [2.45, 2.75) is 25.8 Å². The maximum absolute atomic E-state index is 10.5. The molecule has 0 radical (unpaired) electrons. The fourth-order valence-electron chi connectivity index (χ4n) is 1.79. The van der Waals surface area contributed by atoms with Crippen molar-refractivity contribution in [3.63, 3.8) is 0 Å². The van der Waals surface area contributed by atoms with Crippen molar-refractivity contribution in [1.29, 1.82) is 0 Å². The number of carboxylic acids is 1. The summed E-state index contributed by atoms with van der Waals surface area (Å²) in [5.41, 5.74) is 0.901. The molecule has 1 aliphatic rings. The lowest BCUT2D eigenvalue weighted by atomic mass is 10.2. The van der Waals surface area contributed by atoms with Gasteiger partial charge in [0.1, 0.15) is 0 Å². The second-order valence-corrected chi connectivity index (χ2v) is 6.12. The maximum atomic E-state index is 10.5. The number of rotatable bonds is 4. The maximum Gasteiger partial charge on any atom is 0.303 e.